The molecule has 0 heterocycles. The molecule has 1 aliphatic carbocycles. The summed E-state index contributed by atoms with van der Waals surface area (Å²) in [5.74, 6) is 0. The fourth-order valence-electron chi connectivity index (χ4n) is 9.36. The maximum atomic E-state index is 2.42. The van der Waals surface area contributed by atoms with E-state index in [9.17, 15) is 0 Å². The number of fused-ring (bicyclic) bond motifs is 11. The predicted molar refractivity (Wildman–Crippen MR) is 228 cm³/mol. The van der Waals surface area contributed by atoms with Crippen molar-refractivity contribution < 1.29 is 0 Å². The van der Waals surface area contributed by atoms with E-state index in [0.29, 0.717) is 0 Å². The first kappa shape index (κ1) is 30.2. The van der Waals surface area contributed by atoms with E-state index >= 15 is 0 Å². The second-order valence-electron chi connectivity index (χ2n) is 15.3. The van der Waals surface area contributed by atoms with E-state index < -0.39 is 0 Å². The fourth-order valence-corrected chi connectivity index (χ4v) is 9.36. The second-order valence-corrected chi connectivity index (χ2v) is 15.3. The Morgan fingerprint density at radius 2 is 0.698 bits per heavy atom. The molecule has 0 amide bonds. The normalized spacial score (nSPS) is 13.2. The van der Waals surface area contributed by atoms with E-state index in [1.807, 2.05) is 0 Å². The van der Waals surface area contributed by atoms with Crippen LogP contribution in [0.25, 0.3) is 98.4 Å². The third-order valence-electron chi connectivity index (χ3n) is 12.0. The first-order valence-electron chi connectivity index (χ1n) is 18.7. The van der Waals surface area contributed by atoms with Crippen LogP contribution in [0.5, 0.6) is 0 Å². The molecule has 0 saturated carbocycles. The van der Waals surface area contributed by atoms with Crippen molar-refractivity contribution in [2.24, 2.45) is 0 Å². The molecule has 10 aromatic carbocycles. The number of hydrogen-bond acceptors (Lipinski definition) is 0. The summed E-state index contributed by atoms with van der Waals surface area (Å²) in [4.78, 5) is 0. The Morgan fingerprint density at radius 3 is 1.38 bits per heavy atom. The maximum Gasteiger partial charge on any atom is 0.0159 e. The summed E-state index contributed by atoms with van der Waals surface area (Å²) in [7, 11) is 0. The number of benzene rings is 10. The van der Waals surface area contributed by atoms with Crippen LogP contribution in [0, 0.1) is 0 Å². The minimum atomic E-state index is -0.0197. The van der Waals surface area contributed by atoms with E-state index in [4.69, 9.17) is 0 Å². The largest absolute Gasteiger partial charge is 0.0619 e. The highest BCUT2D eigenvalue weighted by atomic mass is 14.4. The molecule has 0 saturated heterocycles. The summed E-state index contributed by atoms with van der Waals surface area (Å²) in [5.41, 5.74) is 13.0. The molecule has 0 spiro atoms. The van der Waals surface area contributed by atoms with Gasteiger partial charge in [0.2, 0.25) is 0 Å². The Hall–Kier alpha value is -6.50. The van der Waals surface area contributed by atoms with Crippen LogP contribution in [0.2, 0.25) is 0 Å². The van der Waals surface area contributed by atoms with Gasteiger partial charge >= 0.3 is 0 Å². The van der Waals surface area contributed by atoms with Crippen molar-refractivity contribution in [1.82, 2.24) is 0 Å². The standard InChI is InChI=1S/C53H36/c1-53(2)51-18-10-9-17-48(51)49-26-23-35(32-52(49)53)34-21-19-33-20-22-36(30-38(33)29-34)39-27-28-40(42-12-4-3-11-41(39)42)37-24-25-47-45-15-6-5-13-43(45)44-14-7-8-16-46(44)50(47)31-37/h3-32H,1-2H3. The van der Waals surface area contributed by atoms with Gasteiger partial charge in [-0.1, -0.05) is 172 Å². The van der Waals surface area contributed by atoms with E-state index in [1.165, 1.54) is 109 Å². The molecule has 10 aromatic rings. The van der Waals surface area contributed by atoms with E-state index in [0.717, 1.165) is 0 Å². The fraction of sp³-hybridized carbons (Fsp3) is 0.0566. The molecule has 1 aliphatic rings. The Morgan fingerprint density at radius 1 is 0.264 bits per heavy atom. The molecule has 0 nitrogen and oxygen atoms in total. The van der Waals surface area contributed by atoms with Crippen LogP contribution in [0.15, 0.2) is 182 Å². The van der Waals surface area contributed by atoms with Gasteiger partial charge < -0.3 is 0 Å². The van der Waals surface area contributed by atoms with Gasteiger partial charge in [-0.3, -0.25) is 0 Å². The van der Waals surface area contributed by atoms with Gasteiger partial charge in [0.1, 0.15) is 0 Å². The molecule has 0 aliphatic heterocycles. The molecule has 0 fully saturated rings. The first-order valence-corrected chi connectivity index (χ1v) is 18.7. The third-order valence-corrected chi connectivity index (χ3v) is 12.0. The van der Waals surface area contributed by atoms with E-state index in [1.54, 1.807) is 0 Å². The summed E-state index contributed by atoms with van der Waals surface area (Å²) in [6.07, 6.45) is 0. The molecule has 0 unspecified atom stereocenters. The number of rotatable bonds is 3. The van der Waals surface area contributed by atoms with Crippen molar-refractivity contribution >= 4 is 53.9 Å². The smallest absolute Gasteiger partial charge is 0.0159 e. The van der Waals surface area contributed by atoms with Gasteiger partial charge in [-0.15, -0.1) is 0 Å². The van der Waals surface area contributed by atoms with Crippen LogP contribution in [0.4, 0.5) is 0 Å². The van der Waals surface area contributed by atoms with Crippen LogP contribution < -0.4 is 0 Å². The summed E-state index contributed by atoms with van der Waals surface area (Å²) in [6, 6.07) is 68.0. The Labute approximate surface area is 309 Å². The van der Waals surface area contributed by atoms with Gasteiger partial charge in [-0.05, 0) is 134 Å². The van der Waals surface area contributed by atoms with Crippen molar-refractivity contribution in [3.05, 3.63) is 193 Å². The lowest BCUT2D eigenvalue weighted by atomic mass is 9.81. The summed E-state index contributed by atoms with van der Waals surface area (Å²) >= 11 is 0. The highest BCUT2D eigenvalue weighted by molar-refractivity contribution is 6.26. The first-order chi connectivity index (χ1) is 26.0. The highest BCUT2D eigenvalue weighted by Crippen LogP contribution is 2.49. The molecule has 0 N–H and O–H groups in total. The zero-order chi connectivity index (χ0) is 35.3. The second kappa shape index (κ2) is 11.2. The Bertz CT molecular complexity index is 3100. The molecule has 11 rings (SSSR count). The summed E-state index contributed by atoms with van der Waals surface area (Å²) in [5, 5.41) is 12.9. The molecule has 0 aromatic heterocycles. The van der Waals surface area contributed by atoms with Crippen molar-refractivity contribution in [2.45, 2.75) is 19.3 Å². The summed E-state index contributed by atoms with van der Waals surface area (Å²) in [6.45, 7) is 4.71. The topological polar surface area (TPSA) is 0 Å². The van der Waals surface area contributed by atoms with Gasteiger partial charge in [-0.2, -0.15) is 0 Å². The van der Waals surface area contributed by atoms with Crippen LogP contribution >= 0.6 is 0 Å². The Kier molecular flexibility index (Phi) is 6.40. The molecular formula is C53H36. The van der Waals surface area contributed by atoms with Crippen molar-refractivity contribution in [3.8, 4) is 44.5 Å². The molecule has 0 heteroatoms. The zero-order valence-electron chi connectivity index (χ0n) is 29.8. The predicted octanol–water partition coefficient (Wildman–Crippen LogP) is 14.8. The maximum absolute atomic E-state index is 2.42. The average molecular weight is 673 g/mol. The van der Waals surface area contributed by atoms with Crippen molar-refractivity contribution in [2.75, 3.05) is 0 Å². The molecule has 0 bridgehead atoms. The zero-order valence-corrected chi connectivity index (χ0v) is 29.8. The SMILES string of the molecule is CC1(C)c2ccccc2-c2ccc(-c3ccc4ccc(-c5ccc(-c6ccc7c8ccccc8c8ccccc8c7c6)c6ccccc56)cc4c3)cc21. The average Bonchev–Trinajstić information content (AvgIpc) is 3.45. The highest BCUT2D eigenvalue weighted by Gasteiger charge is 2.35. The van der Waals surface area contributed by atoms with Crippen LogP contribution in [0.3, 0.4) is 0 Å². The molecular weight excluding hydrogens is 637 g/mol. The lowest BCUT2D eigenvalue weighted by Gasteiger charge is -2.22. The van der Waals surface area contributed by atoms with Gasteiger partial charge in [0, 0.05) is 5.41 Å². The van der Waals surface area contributed by atoms with Crippen LogP contribution in [-0.2, 0) is 5.41 Å². The third kappa shape index (κ3) is 4.49. The van der Waals surface area contributed by atoms with Crippen molar-refractivity contribution in [3.63, 3.8) is 0 Å². The lowest BCUT2D eigenvalue weighted by molar-refractivity contribution is 0.660. The molecule has 53 heavy (non-hydrogen) atoms. The molecule has 248 valence electrons. The van der Waals surface area contributed by atoms with E-state index in [2.05, 4.69) is 196 Å². The quantitative estimate of drug-likeness (QED) is 0.164. The summed E-state index contributed by atoms with van der Waals surface area (Å²) < 4.78 is 0. The molecule has 0 atom stereocenters. The number of hydrogen-bond donors (Lipinski definition) is 0. The van der Waals surface area contributed by atoms with Crippen LogP contribution in [-0.4, -0.2) is 0 Å². The van der Waals surface area contributed by atoms with Gasteiger partial charge in [0.15, 0.2) is 0 Å². The Balaban J connectivity index is 1.02. The minimum Gasteiger partial charge on any atom is -0.0619 e. The lowest BCUT2D eigenvalue weighted by Crippen LogP contribution is -2.14. The van der Waals surface area contributed by atoms with E-state index in [-0.39, 0.29) is 5.41 Å². The van der Waals surface area contributed by atoms with Gasteiger partial charge in [0.25, 0.3) is 0 Å². The van der Waals surface area contributed by atoms with Crippen molar-refractivity contribution in [1.29, 1.82) is 0 Å². The monoisotopic (exact) mass is 672 g/mol. The molecule has 0 radical (unpaired) electrons. The van der Waals surface area contributed by atoms with Crippen LogP contribution in [0.1, 0.15) is 25.0 Å². The van der Waals surface area contributed by atoms with Gasteiger partial charge in [-0.25, -0.2) is 0 Å². The minimum absolute atomic E-state index is 0.0197. The van der Waals surface area contributed by atoms with Gasteiger partial charge in [0.05, 0.1) is 0 Å².